The minimum absolute atomic E-state index is 0.204. The van der Waals surface area contributed by atoms with Crippen LogP contribution in [0, 0.1) is 0 Å². The van der Waals surface area contributed by atoms with Crippen LogP contribution < -0.4 is 5.73 Å². The lowest BCUT2D eigenvalue weighted by Crippen LogP contribution is -2.37. The second kappa shape index (κ2) is 8.02. The Morgan fingerprint density at radius 2 is 1.76 bits per heavy atom. The Labute approximate surface area is 104 Å². The zero-order valence-electron chi connectivity index (χ0n) is 10.4. The topological polar surface area (TPSA) is 72.6 Å². The van der Waals surface area contributed by atoms with Gasteiger partial charge in [0.2, 0.25) is 10.0 Å². The van der Waals surface area contributed by atoms with Gasteiger partial charge >= 0.3 is 0 Å². The van der Waals surface area contributed by atoms with E-state index in [0.29, 0.717) is 19.6 Å². The van der Waals surface area contributed by atoms with Gasteiger partial charge in [0.1, 0.15) is 0 Å². The van der Waals surface area contributed by atoms with Crippen LogP contribution in [0.4, 0.5) is 0 Å². The summed E-state index contributed by atoms with van der Waals surface area (Å²) < 4.78 is 24.9. The van der Waals surface area contributed by atoms with Gasteiger partial charge in [0, 0.05) is 6.54 Å². The van der Waals surface area contributed by atoms with Crippen LogP contribution in [0.25, 0.3) is 0 Å². The summed E-state index contributed by atoms with van der Waals surface area (Å²) in [5.74, 6) is 0.204. The summed E-state index contributed by atoms with van der Waals surface area (Å²) in [5, 5.41) is 0. The van der Waals surface area contributed by atoms with Gasteiger partial charge in [-0.1, -0.05) is 23.7 Å². The van der Waals surface area contributed by atoms with Crippen LogP contribution in [0.2, 0.25) is 0 Å². The van der Waals surface area contributed by atoms with E-state index >= 15 is 0 Å². The molecule has 0 bridgehead atoms. The van der Waals surface area contributed by atoms with E-state index < -0.39 is 10.0 Å². The predicted molar refractivity (Wildman–Crippen MR) is 67.8 cm³/mol. The number of hydrogen-bond donors (Lipinski definition) is 1. The molecular formula is C11H24N2O3S. The molecule has 0 spiro atoms. The molecule has 0 aromatic rings. The van der Waals surface area contributed by atoms with Gasteiger partial charge in [-0.15, -0.1) is 0 Å². The molecule has 6 heteroatoms. The van der Waals surface area contributed by atoms with Gasteiger partial charge < -0.3 is 5.73 Å². The fourth-order valence-electron chi connectivity index (χ4n) is 1.85. The number of unbranched alkanes of at least 4 members (excludes halogenated alkanes) is 4. The van der Waals surface area contributed by atoms with Crippen molar-refractivity contribution in [1.82, 2.24) is 4.47 Å². The molecule has 0 aromatic heterocycles. The van der Waals surface area contributed by atoms with Crippen LogP contribution in [0.1, 0.15) is 44.9 Å². The number of hydroxylamine groups is 1. The maximum Gasteiger partial charge on any atom is 0.236 e. The van der Waals surface area contributed by atoms with Crippen LogP contribution in [0.5, 0.6) is 0 Å². The number of nitrogens with zero attached hydrogens (tertiary/aromatic N) is 1. The lowest BCUT2D eigenvalue weighted by Gasteiger charge is -2.25. The number of rotatable bonds is 8. The molecule has 0 aliphatic carbocycles. The second-order valence-electron chi connectivity index (χ2n) is 4.44. The highest BCUT2D eigenvalue weighted by Gasteiger charge is 2.24. The van der Waals surface area contributed by atoms with Crippen LogP contribution in [-0.2, 0) is 14.9 Å². The SMILES string of the molecule is NCCCCCCCS(=O)(=O)N1CCCCO1. The predicted octanol–water partition coefficient (Wildman–Crippen LogP) is 1.25. The summed E-state index contributed by atoms with van der Waals surface area (Å²) in [4.78, 5) is 5.17. The Morgan fingerprint density at radius 3 is 2.41 bits per heavy atom. The van der Waals surface area contributed by atoms with Gasteiger partial charge in [0.25, 0.3) is 0 Å². The third-order valence-corrected chi connectivity index (χ3v) is 4.60. The normalized spacial score (nSPS) is 18.4. The minimum Gasteiger partial charge on any atom is -0.330 e. The van der Waals surface area contributed by atoms with E-state index in [4.69, 9.17) is 10.6 Å². The highest BCUT2D eigenvalue weighted by molar-refractivity contribution is 7.88. The molecule has 1 heterocycles. The average molecular weight is 264 g/mol. The molecule has 5 nitrogen and oxygen atoms in total. The Hall–Kier alpha value is -0.170. The summed E-state index contributed by atoms with van der Waals surface area (Å²) in [5.41, 5.74) is 5.39. The summed E-state index contributed by atoms with van der Waals surface area (Å²) in [6, 6.07) is 0. The third-order valence-electron chi connectivity index (χ3n) is 2.89. The maximum atomic E-state index is 11.9. The lowest BCUT2D eigenvalue weighted by molar-refractivity contribution is -0.108. The molecule has 1 rings (SSSR count). The fourth-order valence-corrected chi connectivity index (χ4v) is 3.27. The van der Waals surface area contributed by atoms with Crippen molar-refractivity contribution < 1.29 is 13.3 Å². The molecule has 0 atom stereocenters. The molecule has 0 radical (unpaired) electrons. The third kappa shape index (κ3) is 5.81. The van der Waals surface area contributed by atoms with Gasteiger partial charge in [0.15, 0.2) is 0 Å². The highest BCUT2D eigenvalue weighted by atomic mass is 32.2. The quantitative estimate of drug-likeness (QED) is 0.670. The molecule has 102 valence electrons. The molecule has 17 heavy (non-hydrogen) atoms. The van der Waals surface area contributed by atoms with Crippen molar-refractivity contribution in [2.24, 2.45) is 5.73 Å². The second-order valence-corrected chi connectivity index (χ2v) is 6.42. The summed E-state index contributed by atoms with van der Waals surface area (Å²) >= 11 is 0. The lowest BCUT2D eigenvalue weighted by atomic mass is 10.2. The molecule has 0 saturated carbocycles. The largest absolute Gasteiger partial charge is 0.330 e. The smallest absolute Gasteiger partial charge is 0.236 e. The molecule has 0 aromatic carbocycles. The van der Waals surface area contributed by atoms with Crippen LogP contribution >= 0.6 is 0 Å². The summed E-state index contributed by atoms with van der Waals surface area (Å²) in [6.45, 7) is 1.76. The highest BCUT2D eigenvalue weighted by Crippen LogP contribution is 2.13. The summed E-state index contributed by atoms with van der Waals surface area (Å²) in [6.07, 6.45) is 6.70. The Morgan fingerprint density at radius 1 is 1.06 bits per heavy atom. The van der Waals surface area contributed by atoms with E-state index in [1.165, 1.54) is 4.47 Å². The first-order valence-electron chi connectivity index (χ1n) is 6.50. The van der Waals surface area contributed by atoms with Gasteiger partial charge in [0.05, 0.1) is 12.4 Å². The molecule has 0 amide bonds. The maximum absolute atomic E-state index is 11.9. The van der Waals surface area contributed by atoms with Crippen molar-refractivity contribution in [3.63, 3.8) is 0 Å². The molecule has 0 unspecified atom stereocenters. The Kier molecular flexibility index (Phi) is 7.03. The van der Waals surface area contributed by atoms with E-state index in [9.17, 15) is 8.42 Å². The average Bonchev–Trinajstić information content (AvgIpc) is 2.35. The number of sulfonamides is 1. The van der Waals surface area contributed by atoms with Crippen molar-refractivity contribution in [2.45, 2.75) is 44.9 Å². The minimum atomic E-state index is -3.19. The standard InChI is InChI=1S/C11H24N2O3S/c12-8-4-2-1-3-7-11-17(14,15)13-9-5-6-10-16-13/h1-12H2. The molecule has 2 N–H and O–H groups in total. The number of nitrogens with two attached hydrogens (primary N) is 1. The molecular weight excluding hydrogens is 240 g/mol. The van der Waals surface area contributed by atoms with Gasteiger partial charge in [-0.3, -0.25) is 4.84 Å². The van der Waals surface area contributed by atoms with E-state index in [0.717, 1.165) is 45.1 Å². The summed E-state index contributed by atoms with van der Waals surface area (Å²) in [7, 11) is -3.19. The molecule has 1 aliphatic rings. The first-order chi connectivity index (χ1) is 8.17. The van der Waals surface area contributed by atoms with Crippen molar-refractivity contribution in [2.75, 3.05) is 25.4 Å². The van der Waals surface area contributed by atoms with Gasteiger partial charge in [-0.25, -0.2) is 8.42 Å². The van der Waals surface area contributed by atoms with Crippen LogP contribution in [0.3, 0.4) is 0 Å². The van der Waals surface area contributed by atoms with Crippen LogP contribution in [-0.4, -0.2) is 38.3 Å². The van der Waals surface area contributed by atoms with Crippen molar-refractivity contribution >= 4 is 10.0 Å². The Bertz CT molecular complexity index is 287. The molecule has 1 saturated heterocycles. The van der Waals surface area contributed by atoms with E-state index in [1.54, 1.807) is 0 Å². The first kappa shape index (κ1) is 14.9. The van der Waals surface area contributed by atoms with Crippen LogP contribution in [0.15, 0.2) is 0 Å². The Balaban J connectivity index is 2.15. The monoisotopic (exact) mass is 264 g/mol. The molecule has 1 fully saturated rings. The fraction of sp³-hybridized carbons (Fsp3) is 1.00. The molecule has 1 aliphatic heterocycles. The van der Waals surface area contributed by atoms with Crippen molar-refractivity contribution in [3.8, 4) is 0 Å². The first-order valence-corrected chi connectivity index (χ1v) is 8.11. The number of hydrogen-bond acceptors (Lipinski definition) is 4. The zero-order chi connectivity index (χ0) is 12.6. The van der Waals surface area contributed by atoms with E-state index in [2.05, 4.69) is 0 Å². The van der Waals surface area contributed by atoms with E-state index in [1.807, 2.05) is 0 Å². The van der Waals surface area contributed by atoms with E-state index in [-0.39, 0.29) is 5.75 Å². The van der Waals surface area contributed by atoms with Gasteiger partial charge in [-0.2, -0.15) is 0 Å². The van der Waals surface area contributed by atoms with Gasteiger partial charge in [-0.05, 0) is 32.2 Å². The zero-order valence-corrected chi connectivity index (χ0v) is 11.3. The van der Waals surface area contributed by atoms with Crippen molar-refractivity contribution in [1.29, 1.82) is 0 Å². The van der Waals surface area contributed by atoms with Crippen molar-refractivity contribution in [3.05, 3.63) is 0 Å².